The normalized spacial score (nSPS) is 16.8. The zero-order valence-corrected chi connectivity index (χ0v) is 15.6. The fraction of sp³-hybridized carbons (Fsp3) is 0.286. The number of hydrogen-bond donors (Lipinski definition) is 0. The predicted octanol–water partition coefficient (Wildman–Crippen LogP) is 3.88. The number of benzene rings is 2. The third-order valence-corrected chi connectivity index (χ3v) is 4.94. The number of ether oxygens (including phenoxy) is 1. The first kappa shape index (κ1) is 17.3. The van der Waals surface area contributed by atoms with Crippen molar-refractivity contribution in [3.05, 3.63) is 59.4 Å². The Hall–Kier alpha value is -3.15. The van der Waals surface area contributed by atoms with Crippen LogP contribution in [0.4, 0.5) is 5.69 Å². The van der Waals surface area contributed by atoms with Gasteiger partial charge in [0.1, 0.15) is 5.75 Å². The van der Waals surface area contributed by atoms with Crippen molar-refractivity contribution in [2.45, 2.75) is 26.2 Å². The highest BCUT2D eigenvalue weighted by Crippen LogP contribution is 2.32. The third kappa shape index (κ3) is 3.30. The molecule has 0 aliphatic carbocycles. The summed E-state index contributed by atoms with van der Waals surface area (Å²) in [4.78, 5) is 18.8. The van der Waals surface area contributed by atoms with Crippen LogP contribution in [0.5, 0.6) is 5.75 Å². The number of carbonyl (C=O) groups is 1. The molecule has 1 amide bonds. The van der Waals surface area contributed by atoms with Gasteiger partial charge in [0.2, 0.25) is 5.91 Å². The minimum Gasteiger partial charge on any atom is -0.497 e. The summed E-state index contributed by atoms with van der Waals surface area (Å²) < 4.78 is 10.7. The van der Waals surface area contributed by atoms with E-state index in [2.05, 4.69) is 10.1 Å². The molecule has 138 valence electrons. The van der Waals surface area contributed by atoms with Gasteiger partial charge in [0.05, 0.1) is 7.11 Å². The number of anilines is 1. The molecule has 6 heteroatoms. The van der Waals surface area contributed by atoms with E-state index in [9.17, 15) is 4.79 Å². The molecule has 0 radical (unpaired) electrons. The standard InChI is InChI=1S/C21H21N3O3/c1-13-4-6-16(7-5-13)24-12-15(11-19(24)25)20-22-21(27-23-20)18-9-8-17(26-3)10-14(18)2/h4-10,15H,11-12H2,1-3H3/t15-/m0/s1. The Morgan fingerprint density at radius 3 is 2.63 bits per heavy atom. The van der Waals surface area contributed by atoms with E-state index in [4.69, 9.17) is 9.26 Å². The Bertz CT molecular complexity index is 979. The van der Waals surface area contributed by atoms with Gasteiger partial charge in [-0.1, -0.05) is 22.9 Å². The second-order valence-electron chi connectivity index (χ2n) is 6.88. The molecule has 1 saturated heterocycles. The van der Waals surface area contributed by atoms with Gasteiger partial charge >= 0.3 is 0 Å². The Morgan fingerprint density at radius 2 is 1.93 bits per heavy atom. The average molecular weight is 363 g/mol. The molecule has 0 bridgehead atoms. The average Bonchev–Trinajstić information content (AvgIpc) is 3.29. The van der Waals surface area contributed by atoms with Crippen LogP contribution in [0, 0.1) is 13.8 Å². The Kier molecular flexibility index (Phi) is 4.39. The largest absolute Gasteiger partial charge is 0.497 e. The van der Waals surface area contributed by atoms with Crippen molar-refractivity contribution < 1.29 is 14.1 Å². The van der Waals surface area contributed by atoms with Crippen LogP contribution in [0.2, 0.25) is 0 Å². The van der Waals surface area contributed by atoms with Gasteiger partial charge in [0.25, 0.3) is 5.89 Å². The summed E-state index contributed by atoms with van der Waals surface area (Å²) in [5, 5.41) is 4.14. The van der Waals surface area contributed by atoms with Crippen LogP contribution < -0.4 is 9.64 Å². The van der Waals surface area contributed by atoms with E-state index in [-0.39, 0.29) is 11.8 Å². The molecule has 0 saturated carbocycles. The summed E-state index contributed by atoms with van der Waals surface area (Å²) >= 11 is 0. The molecule has 1 fully saturated rings. The molecule has 1 aliphatic rings. The second-order valence-corrected chi connectivity index (χ2v) is 6.88. The number of aryl methyl sites for hydroxylation is 2. The third-order valence-electron chi connectivity index (χ3n) is 4.94. The van der Waals surface area contributed by atoms with Gasteiger partial charge in [-0.2, -0.15) is 4.98 Å². The first-order valence-electron chi connectivity index (χ1n) is 8.91. The van der Waals surface area contributed by atoms with Gasteiger partial charge in [0, 0.05) is 30.1 Å². The van der Waals surface area contributed by atoms with Crippen LogP contribution in [0.1, 0.15) is 29.3 Å². The number of aromatic nitrogens is 2. The number of methoxy groups -OCH3 is 1. The van der Waals surface area contributed by atoms with Gasteiger partial charge in [-0.15, -0.1) is 0 Å². The summed E-state index contributed by atoms with van der Waals surface area (Å²) in [5.41, 5.74) is 3.94. The first-order chi connectivity index (χ1) is 13.0. The highest BCUT2D eigenvalue weighted by atomic mass is 16.5. The summed E-state index contributed by atoms with van der Waals surface area (Å²) in [6.45, 7) is 4.56. The van der Waals surface area contributed by atoms with Crippen molar-refractivity contribution >= 4 is 11.6 Å². The van der Waals surface area contributed by atoms with Crippen LogP contribution in [0.3, 0.4) is 0 Å². The van der Waals surface area contributed by atoms with Crippen LogP contribution in [0.15, 0.2) is 47.0 Å². The summed E-state index contributed by atoms with van der Waals surface area (Å²) in [6, 6.07) is 13.7. The summed E-state index contributed by atoms with van der Waals surface area (Å²) in [5.74, 6) is 1.83. The van der Waals surface area contributed by atoms with Crippen LogP contribution in [-0.2, 0) is 4.79 Å². The van der Waals surface area contributed by atoms with E-state index in [1.54, 1.807) is 12.0 Å². The molecule has 2 aromatic carbocycles. The molecule has 0 unspecified atom stereocenters. The molecule has 1 aromatic heterocycles. The van der Waals surface area contributed by atoms with Crippen molar-refractivity contribution in [1.82, 2.24) is 10.1 Å². The van der Waals surface area contributed by atoms with Gasteiger partial charge in [0.15, 0.2) is 5.82 Å². The maximum atomic E-state index is 12.5. The van der Waals surface area contributed by atoms with E-state index in [0.717, 1.165) is 22.6 Å². The maximum Gasteiger partial charge on any atom is 0.258 e. The predicted molar refractivity (Wildman–Crippen MR) is 102 cm³/mol. The smallest absolute Gasteiger partial charge is 0.258 e. The van der Waals surface area contributed by atoms with Gasteiger partial charge in [-0.05, 0) is 49.7 Å². The molecule has 1 aliphatic heterocycles. The molecule has 6 nitrogen and oxygen atoms in total. The highest BCUT2D eigenvalue weighted by Gasteiger charge is 2.34. The molecule has 4 rings (SSSR count). The van der Waals surface area contributed by atoms with Gasteiger partial charge in [-0.25, -0.2) is 0 Å². The number of rotatable bonds is 4. The Labute approximate surface area is 157 Å². The molecule has 3 aromatic rings. The fourth-order valence-corrected chi connectivity index (χ4v) is 3.37. The molecule has 1 atom stereocenters. The minimum absolute atomic E-state index is 0.0742. The van der Waals surface area contributed by atoms with Crippen LogP contribution >= 0.6 is 0 Å². The van der Waals surface area contributed by atoms with Crippen molar-refractivity contribution in [2.24, 2.45) is 0 Å². The van der Waals surface area contributed by atoms with Crippen molar-refractivity contribution in [3.63, 3.8) is 0 Å². The monoisotopic (exact) mass is 363 g/mol. The summed E-state index contributed by atoms with van der Waals surface area (Å²) in [6.07, 6.45) is 0.383. The minimum atomic E-state index is -0.0742. The molecule has 0 N–H and O–H groups in total. The lowest BCUT2D eigenvalue weighted by Crippen LogP contribution is -2.24. The van der Waals surface area contributed by atoms with Crippen LogP contribution in [0.25, 0.3) is 11.5 Å². The Balaban J connectivity index is 1.55. The maximum absolute atomic E-state index is 12.5. The topological polar surface area (TPSA) is 68.5 Å². The first-order valence-corrected chi connectivity index (χ1v) is 8.91. The van der Waals surface area contributed by atoms with E-state index in [1.165, 1.54) is 5.56 Å². The van der Waals surface area contributed by atoms with Crippen molar-refractivity contribution in [1.29, 1.82) is 0 Å². The fourth-order valence-electron chi connectivity index (χ4n) is 3.37. The zero-order chi connectivity index (χ0) is 19.0. The van der Waals surface area contributed by atoms with Gasteiger partial charge in [-0.3, -0.25) is 4.79 Å². The van der Waals surface area contributed by atoms with Crippen molar-refractivity contribution in [3.8, 4) is 17.2 Å². The van der Waals surface area contributed by atoms with Gasteiger partial charge < -0.3 is 14.2 Å². The van der Waals surface area contributed by atoms with E-state index in [0.29, 0.717) is 24.7 Å². The number of amides is 1. The second kappa shape index (κ2) is 6.87. The van der Waals surface area contributed by atoms with E-state index in [1.807, 2.05) is 56.3 Å². The molecular weight excluding hydrogens is 342 g/mol. The van der Waals surface area contributed by atoms with E-state index < -0.39 is 0 Å². The molecule has 0 spiro atoms. The Morgan fingerprint density at radius 1 is 1.15 bits per heavy atom. The lowest BCUT2D eigenvalue weighted by atomic mass is 10.1. The number of nitrogens with zero attached hydrogens (tertiary/aromatic N) is 3. The SMILES string of the molecule is COc1ccc(-c2nc([C@H]3CC(=O)N(c4ccc(C)cc4)C3)no2)c(C)c1. The van der Waals surface area contributed by atoms with E-state index >= 15 is 0 Å². The lowest BCUT2D eigenvalue weighted by molar-refractivity contribution is -0.117. The van der Waals surface area contributed by atoms with Crippen LogP contribution in [-0.4, -0.2) is 29.7 Å². The zero-order valence-electron chi connectivity index (χ0n) is 15.6. The highest BCUT2D eigenvalue weighted by molar-refractivity contribution is 5.96. The lowest BCUT2D eigenvalue weighted by Gasteiger charge is -2.16. The molecule has 2 heterocycles. The van der Waals surface area contributed by atoms with Crippen molar-refractivity contribution in [2.75, 3.05) is 18.6 Å². The number of carbonyl (C=O) groups excluding carboxylic acids is 1. The molecular formula is C21H21N3O3. The number of hydrogen-bond acceptors (Lipinski definition) is 5. The summed E-state index contributed by atoms with van der Waals surface area (Å²) in [7, 11) is 1.64. The molecule has 27 heavy (non-hydrogen) atoms. The quantitative estimate of drug-likeness (QED) is 0.703.